The van der Waals surface area contributed by atoms with Crippen molar-refractivity contribution in [1.29, 1.82) is 0 Å². The first-order valence-corrected chi connectivity index (χ1v) is 10.2. The second-order valence-corrected chi connectivity index (χ2v) is 8.20. The Morgan fingerprint density at radius 3 is 2.77 bits per heavy atom. The molecule has 4 heterocycles. The standard InChI is InChI=1S/C21H29N3O2/c25-20(23-11-3-1-2-4-12-23)9-6-10-22-14-17-13-18(16-22)19-7-5-8-21(26)24(19)15-17/h5-9,17-18H,1-4,10-16H2/p+1/b9-6+/t17-,18+/m0/s1. The van der Waals surface area contributed by atoms with Gasteiger partial charge >= 0.3 is 0 Å². The van der Waals surface area contributed by atoms with Gasteiger partial charge in [-0.2, -0.15) is 0 Å². The highest BCUT2D eigenvalue weighted by Gasteiger charge is 2.36. The number of rotatable bonds is 3. The van der Waals surface area contributed by atoms with E-state index in [0.717, 1.165) is 52.1 Å². The zero-order valence-corrected chi connectivity index (χ0v) is 15.5. The minimum atomic E-state index is 0.142. The molecule has 0 aromatic carbocycles. The molecule has 3 aliphatic rings. The Hall–Kier alpha value is -1.88. The Kier molecular flexibility index (Phi) is 5.25. The third-order valence-electron chi connectivity index (χ3n) is 6.26. The van der Waals surface area contributed by atoms with E-state index in [2.05, 4.69) is 12.1 Å². The summed E-state index contributed by atoms with van der Waals surface area (Å²) in [4.78, 5) is 28.0. The lowest BCUT2D eigenvalue weighted by atomic mass is 9.83. The van der Waals surface area contributed by atoms with E-state index in [0.29, 0.717) is 11.8 Å². The lowest BCUT2D eigenvalue weighted by Crippen LogP contribution is -3.14. The first-order valence-electron chi connectivity index (χ1n) is 10.2. The molecule has 2 bridgehead atoms. The number of nitrogens with one attached hydrogen (secondary N) is 1. The second kappa shape index (κ2) is 7.78. The SMILES string of the molecule is O=C(/C=C/C[NH+]1C[C@@H]2C[C@H](C1)c1cccc(=O)n1C2)N1CCCCCC1. The number of carbonyl (C=O) groups excluding carboxylic acids is 1. The van der Waals surface area contributed by atoms with Crippen LogP contribution in [0.3, 0.4) is 0 Å². The van der Waals surface area contributed by atoms with E-state index in [-0.39, 0.29) is 11.5 Å². The van der Waals surface area contributed by atoms with E-state index < -0.39 is 0 Å². The van der Waals surface area contributed by atoms with Crippen LogP contribution in [-0.4, -0.2) is 48.1 Å². The lowest BCUT2D eigenvalue weighted by Gasteiger charge is -2.40. The van der Waals surface area contributed by atoms with Crippen LogP contribution in [0.1, 0.15) is 43.7 Å². The van der Waals surface area contributed by atoms with Gasteiger partial charge in [-0.3, -0.25) is 9.59 Å². The number of amides is 1. The van der Waals surface area contributed by atoms with Crippen LogP contribution in [0.5, 0.6) is 0 Å². The van der Waals surface area contributed by atoms with Gasteiger partial charge in [-0.25, -0.2) is 0 Å². The fourth-order valence-corrected chi connectivity index (χ4v) is 5.01. The summed E-state index contributed by atoms with van der Waals surface area (Å²) >= 11 is 0. The monoisotopic (exact) mass is 356 g/mol. The summed E-state index contributed by atoms with van der Waals surface area (Å²) < 4.78 is 1.98. The van der Waals surface area contributed by atoms with Gasteiger partial charge in [-0.1, -0.05) is 18.9 Å². The van der Waals surface area contributed by atoms with Gasteiger partial charge in [0.25, 0.3) is 5.56 Å². The van der Waals surface area contributed by atoms with Gasteiger partial charge in [0.05, 0.1) is 19.6 Å². The number of hydrogen-bond acceptors (Lipinski definition) is 2. The minimum Gasteiger partial charge on any atom is -0.339 e. The van der Waals surface area contributed by atoms with E-state index in [9.17, 15) is 9.59 Å². The molecule has 5 nitrogen and oxygen atoms in total. The second-order valence-electron chi connectivity index (χ2n) is 8.20. The van der Waals surface area contributed by atoms with Crippen LogP contribution in [0.15, 0.2) is 35.1 Å². The topological polar surface area (TPSA) is 46.8 Å². The van der Waals surface area contributed by atoms with Crippen molar-refractivity contribution in [2.24, 2.45) is 5.92 Å². The average Bonchev–Trinajstić information content (AvgIpc) is 2.92. The zero-order chi connectivity index (χ0) is 17.9. The first-order chi connectivity index (χ1) is 12.7. The third-order valence-corrected chi connectivity index (χ3v) is 6.26. The van der Waals surface area contributed by atoms with E-state index in [4.69, 9.17) is 0 Å². The molecule has 140 valence electrons. The van der Waals surface area contributed by atoms with E-state index in [1.165, 1.54) is 29.9 Å². The van der Waals surface area contributed by atoms with Gasteiger partial charge in [0, 0.05) is 49.3 Å². The summed E-state index contributed by atoms with van der Waals surface area (Å²) in [5, 5.41) is 0. The molecular weight excluding hydrogens is 326 g/mol. The third kappa shape index (κ3) is 3.78. The number of carbonyl (C=O) groups is 1. The smallest absolute Gasteiger partial charge is 0.250 e. The molecule has 2 fully saturated rings. The molecule has 3 atom stereocenters. The summed E-state index contributed by atoms with van der Waals surface area (Å²) in [5.41, 5.74) is 1.35. The van der Waals surface area contributed by atoms with Crippen LogP contribution in [0.4, 0.5) is 0 Å². The highest BCUT2D eigenvalue weighted by atomic mass is 16.2. The summed E-state index contributed by atoms with van der Waals surface area (Å²) in [6.07, 6.45) is 9.84. The molecule has 4 rings (SSSR count). The summed E-state index contributed by atoms with van der Waals surface area (Å²) in [6.45, 7) is 5.74. The Bertz CT molecular complexity index is 731. The quantitative estimate of drug-likeness (QED) is 0.815. The summed E-state index contributed by atoms with van der Waals surface area (Å²) in [7, 11) is 0. The Morgan fingerprint density at radius 2 is 1.96 bits per heavy atom. The molecule has 3 aliphatic heterocycles. The summed E-state index contributed by atoms with van der Waals surface area (Å²) in [5.74, 6) is 1.23. The van der Waals surface area contributed by atoms with Crippen LogP contribution in [0.25, 0.3) is 0 Å². The predicted octanol–water partition coefficient (Wildman–Crippen LogP) is 0.809. The van der Waals surface area contributed by atoms with Crippen molar-refractivity contribution in [3.05, 3.63) is 46.4 Å². The number of piperidine rings is 1. The Balaban J connectivity index is 1.35. The number of quaternary nitrogens is 1. The van der Waals surface area contributed by atoms with Crippen molar-refractivity contribution < 1.29 is 9.69 Å². The number of pyridine rings is 1. The molecule has 1 aromatic rings. The van der Waals surface area contributed by atoms with Crippen LogP contribution >= 0.6 is 0 Å². The molecule has 0 saturated carbocycles. The van der Waals surface area contributed by atoms with Gasteiger partial charge in [-0.15, -0.1) is 0 Å². The lowest BCUT2D eigenvalue weighted by molar-refractivity contribution is -0.905. The molecular formula is C21H30N3O2+. The molecule has 26 heavy (non-hydrogen) atoms. The van der Waals surface area contributed by atoms with Crippen molar-refractivity contribution in [2.45, 2.75) is 44.6 Å². The van der Waals surface area contributed by atoms with Gasteiger partial charge in [0.2, 0.25) is 5.91 Å². The maximum atomic E-state index is 12.4. The van der Waals surface area contributed by atoms with Crippen molar-refractivity contribution >= 4 is 5.91 Å². The van der Waals surface area contributed by atoms with Crippen molar-refractivity contribution in [3.8, 4) is 0 Å². The Morgan fingerprint density at radius 1 is 1.15 bits per heavy atom. The fraction of sp³-hybridized carbons (Fsp3) is 0.619. The molecule has 0 aliphatic carbocycles. The van der Waals surface area contributed by atoms with E-state index in [1.54, 1.807) is 12.1 Å². The number of nitrogens with zero attached hydrogens (tertiary/aromatic N) is 2. The average molecular weight is 356 g/mol. The molecule has 5 heteroatoms. The van der Waals surface area contributed by atoms with Crippen molar-refractivity contribution in [2.75, 3.05) is 32.7 Å². The van der Waals surface area contributed by atoms with Crippen LogP contribution in [0, 0.1) is 5.92 Å². The molecule has 1 amide bonds. The highest BCUT2D eigenvalue weighted by Crippen LogP contribution is 2.29. The van der Waals surface area contributed by atoms with E-state index >= 15 is 0 Å². The normalized spacial score (nSPS) is 28.6. The predicted molar refractivity (Wildman–Crippen MR) is 101 cm³/mol. The van der Waals surface area contributed by atoms with Crippen LogP contribution in [-0.2, 0) is 11.3 Å². The van der Waals surface area contributed by atoms with E-state index in [1.807, 2.05) is 15.5 Å². The maximum absolute atomic E-state index is 12.4. The molecule has 1 unspecified atom stereocenters. The molecule has 0 radical (unpaired) electrons. The number of aromatic nitrogens is 1. The van der Waals surface area contributed by atoms with Crippen LogP contribution in [0.2, 0.25) is 0 Å². The van der Waals surface area contributed by atoms with Crippen LogP contribution < -0.4 is 10.5 Å². The van der Waals surface area contributed by atoms with Gasteiger partial charge in [-0.05, 0) is 31.4 Å². The number of fused-ring (bicyclic) bond motifs is 4. The van der Waals surface area contributed by atoms with Gasteiger partial charge in [0.15, 0.2) is 0 Å². The fourth-order valence-electron chi connectivity index (χ4n) is 5.01. The molecule has 0 spiro atoms. The molecule has 1 aromatic heterocycles. The number of hydrogen-bond donors (Lipinski definition) is 1. The molecule has 2 saturated heterocycles. The first kappa shape index (κ1) is 17.5. The van der Waals surface area contributed by atoms with Crippen molar-refractivity contribution in [3.63, 3.8) is 0 Å². The summed E-state index contributed by atoms with van der Waals surface area (Å²) in [6, 6.07) is 5.68. The Labute approximate surface area is 155 Å². The zero-order valence-electron chi connectivity index (χ0n) is 15.5. The largest absolute Gasteiger partial charge is 0.339 e. The maximum Gasteiger partial charge on any atom is 0.250 e. The van der Waals surface area contributed by atoms with Crippen molar-refractivity contribution in [1.82, 2.24) is 9.47 Å². The van der Waals surface area contributed by atoms with Gasteiger partial charge < -0.3 is 14.4 Å². The molecule has 1 N–H and O–H groups in total. The number of likely N-dealkylation sites (tertiary alicyclic amines) is 2. The van der Waals surface area contributed by atoms with Gasteiger partial charge in [0.1, 0.15) is 0 Å². The highest BCUT2D eigenvalue weighted by molar-refractivity contribution is 5.87. The minimum absolute atomic E-state index is 0.142.